The summed E-state index contributed by atoms with van der Waals surface area (Å²) in [4.78, 5) is 9.48. The zero-order chi connectivity index (χ0) is 21.1. The van der Waals surface area contributed by atoms with Gasteiger partial charge in [0.2, 0.25) is 13.7 Å². The zero-order valence-electron chi connectivity index (χ0n) is 14.8. The highest BCUT2D eigenvalue weighted by Gasteiger charge is 2.46. The first-order valence-corrected chi connectivity index (χ1v) is 10.3. The van der Waals surface area contributed by atoms with Crippen molar-refractivity contribution in [3.8, 4) is 11.5 Å². The van der Waals surface area contributed by atoms with Crippen LogP contribution in [0.3, 0.4) is 0 Å². The van der Waals surface area contributed by atoms with Gasteiger partial charge in [0.1, 0.15) is 36.0 Å². The number of methoxy groups -OCH3 is 1. The molecule has 0 spiro atoms. The number of benzene rings is 1. The Morgan fingerprint density at radius 3 is 2.18 bits per heavy atom. The summed E-state index contributed by atoms with van der Waals surface area (Å²) in [5, 5.41) is 30.0. The van der Waals surface area contributed by atoms with Crippen molar-refractivity contribution in [3.05, 3.63) is 24.3 Å². The minimum Gasteiger partial charge on any atom is -0.497 e. The van der Waals surface area contributed by atoms with Gasteiger partial charge in [-0.2, -0.15) is 13.2 Å². The van der Waals surface area contributed by atoms with Gasteiger partial charge in [0, 0.05) is 6.16 Å². The van der Waals surface area contributed by atoms with E-state index in [0.29, 0.717) is 5.75 Å². The van der Waals surface area contributed by atoms with Crippen LogP contribution in [0.25, 0.3) is 0 Å². The first-order chi connectivity index (χ1) is 12.9. The molecule has 28 heavy (non-hydrogen) atoms. The molecule has 1 fully saturated rings. The first kappa shape index (κ1) is 22.9. The Bertz CT molecular complexity index is 683. The Labute approximate surface area is 158 Å². The van der Waals surface area contributed by atoms with Crippen LogP contribution in [0.1, 0.15) is 6.42 Å². The van der Waals surface area contributed by atoms with Crippen LogP contribution in [0.4, 0.5) is 13.2 Å². The maximum Gasteiger partial charge on any atom is 0.397 e. The molecule has 0 aromatic heterocycles. The smallest absolute Gasteiger partial charge is 0.397 e. The maximum atomic E-state index is 12.4. The molecular formula is C16H22F3O8P. The standard InChI is InChI=1S/C16H22F3O8P/c1-25-9-2-4-10(5-3-9)26-15-14(22)13(21)12(20)11(27-15)6-7-28(23,24)8-16(17,18)19/h2-5,11-15,20-22H,6-8H2,1H3,(H,23,24)/t11-,12-,13+,14+,15?/m1/s1. The summed E-state index contributed by atoms with van der Waals surface area (Å²) < 4.78 is 64.5. The third-order valence-electron chi connectivity index (χ3n) is 4.17. The molecular weight excluding hydrogens is 408 g/mol. The summed E-state index contributed by atoms with van der Waals surface area (Å²) in [5.74, 6) is 0.770. The number of hydrogen-bond acceptors (Lipinski definition) is 7. The monoisotopic (exact) mass is 430 g/mol. The van der Waals surface area contributed by atoms with E-state index in [1.165, 1.54) is 19.2 Å². The third-order valence-corrected chi connectivity index (χ3v) is 5.98. The van der Waals surface area contributed by atoms with E-state index in [1.54, 1.807) is 12.1 Å². The fourth-order valence-electron chi connectivity index (χ4n) is 2.73. The molecule has 0 amide bonds. The molecule has 12 heteroatoms. The second-order valence-electron chi connectivity index (χ2n) is 6.44. The number of aliphatic hydroxyl groups is 3. The fourth-order valence-corrected chi connectivity index (χ4v) is 4.11. The Kier molecular flexibility index (Phi) is 7.35. The lowest BCUT2D eigenvalue weighted by molar-refractivity contribution is -0.272. The molecule has 1 aromatic rings. The van der Waals surface area contributed by atoms with E-state index in [-0.39, 0.29) is 5.75 Å². The predicted molar refractivity (Wildman–Crippen MR) is 90.5 cm³/mol. The minimum absolute atomic E-state index is 0.233. The average molecular weight is 430 g/mol. The van der Waals surface area contributed by atoms with Crippen LogP contribution in [0, 0.1) is 0 Å². The van der Waals surface area contributed by atoms with Crippen LogP contribution in [0.5, 0.6) is 11.5 Å². The second kappa shape index (κ2) is 8.98. The zero-order valence-corrected chi connectivity index (χ0v) is 15.7. The molecule has 1 heterocycles. The number of alkyl halides is 3. The van der Waals surface area contributed by atoms with Gasteiger partial charge in [-0.05, 0) is 30.7 Å². The van der Waals surface area contributed by atoms with Crippen molar-refractivity contribution in [1.82, 2.24) is 0 Å². The highest BCUT2D eigenvalue weighted by Crippen LogP contribution is 2.47. The van der Waals surface area contributed by atoms with Gasteiger partial charge in [0.05, 0.1) is 13.2 Å². The van der Waals surface area contributed by atoms with Crippen LogP contribution in [-0.4, -0.2) is 76.5 Å². The quantitative estimate of drug-likeness (QED) is 0.474. The van der Waals surface area contributed by atoms with Crippen molar-refractivity contribution in [1.29, 1.82) is 0 Å². The van der Waals surface area contributed by atoms with Gasteiger partial charge >= 0.3 is 6.18 Å². The summed E-state index contributed by atoms with van der Waals surface area (Å²) in [6.07, 6.45) is -15.7. The Balaban J connectivity index is 2.03. The molecule has 1 aromatic carbocycles. The van der Waals surface area contributed by atoms with E-state index < -0.39 is 63.0 Å². The van der Waals surface area contributed by atoms with Gasteiger partial charge in [-0.25, -0.2) is 0 Å². The van der Waals surface area contributed by atoms with Gasteiger partial charge in [-0.3, -0.25) is 4.57 Å². The van der Waals surface area contributed by atoms with Gasteiger partial charge in [0.15, 0.2) is 0 Å². The fraction of sp³-hybridized carbons (Fsp3) is 0.625. The number of aliphatic hydroxyl groups excluding tert-OH is 3. The molecule has 6 atom stereocenters. The number of ether oxygens (including phenoxy) is 3. The van der Waals surface area contributed by atoms with Gasteiger partial charge in [0.25, 0.3) is 0 Å². The van der Waals surface area contributed by atoms with E-state index in [4.69, 9.17) is 14.2 Å². The molecule has 1 saturated heterocycles. The Hall–Kier alpha value is -1.36. The maximum absolute atomic E-state index is 12.4. The highest BCUT2D eigenvalue weighted by molar-refractivity contribution is 7.58. The SMILES string of the molecule is COc1ccc(OC2O[C@H](CCP(=O)(O)CC(F)(F)F)[C@@H](O)[C@H](O)[C@@H]2O)cc1. The second-order valence-corrected chi connectivity index (χ2v) is 8.90. The number of halogens is 3. The number of rotatable bonds is 7. The van der Waals surface area contributed by atoms with Crippen LogP contribution >= 0.6 is 7.37 Å². The van der Waals surface area contributed by atoms with Crippen molar-refractivity contribution in [2.75, 3.05) is 19.4 Å². The summed E-state index contributed by atoms with van der Waals surface area (Å²) in [6, 6.07) is 6.11. The highest BCUT2D eigenvalue weighted by atomic mass is 31.2. The summed E-state index contributed by atoms with van der Waals surface area (Å²) in [5.41, 5.74) is 0. The van der Waals surface area contributed by atoms with Crippen molar-refractivity contribution >= 4 is 7.37 Å². The van der Waals surface area contributed by atoms with E-state index in [0.717, 1.165) is 0 Å². The molecule has 8 nitrogen and oxygen atoms in total. The predicted octanol–water partition coefficient (Wildman–Crippen LogP) is 1.10. The van der Waals surface area contributed by atoms with Gasteiger partial charge in [-0.15, -0.1) is 0 Å². The molecule has 4 N–H and O–H groups in total. The minimum atomic E-state index is -4.81. The largest absolute Gasteiger partial charge is 0.497 e. The molecule has 1 aliphatic rings. The third kappa shape index (κ3) is 6.33. The van der Waals surface area contributed by atoms with Crippen molar-refractivity contribution in [2.45, 2.75) is 43.3 Å². The van der Waals surface area contributed by atoms with Gasteiger partial charge < -0.3 is 34.4 Å². The molecule has 1 aliphatic heterocycles. The van der Waals surface area contributed by atoms with E-state index in [1.807, 2.05) is 0 Å². The van der Waals surface area contributed by atoms with Crippen molar-refractivity contribution < 1.29 is 52.2 Å². The summed E-state index contributed by atoms with van der Waals surface area (Å²) in [6.45, 7) is 0. The Morgan fingerprint density at radius 2 is 1.64 bits per heavy atom. The van der Waals surface area contributed by atoms with Crippen LogP contribution in [0.15, 0.2) is 24.3 Å². The molecule has 0 radical (unpaired) electrons. The van der Waals surface area contributed by atoms with Crippen molar-refractivity contribution in [2.24, 2.45) is 0 Å². The van der Waals surface area contributed by atoms with Crippen LogP contribution in [0.2, 0.25) is 0 Å². The molecule has 2 rings (SSSR count). The molecule has 0 saturated carbocycles. The average Bonchev–Trinajstić information content (AvgIpc) is 2.60. The summed E-state index contributed by atoms with van der Waals surface area (Å²) in [7, 11) is -3.09. The first-order valence-electron chi connectivity index (χ1n) is 8.30. The lowest BCUT2D eigenvalue weighted by Crippen LogP contribution is -2.59. The summed E-state index contributed by atoms with van der Waals surface area (Å²) >= 11 is 0. The molecule has 0 aliphatic carbocycles. The molecule has 160 valence electrons. The Morgan fingerprint density at radius 1 is 1.07 bits per heavy atom. The lowest BCUT2D eigenvalue weighted by Gasteiger charge is -2.40. The van der Waals surface area contributed by atoms with Gasteiger partial charge in [-0.1, -0.05) is 0 Å². The van der Waals surface area contributed by atoms with Crippen LogP contribution in [-0.2, 0) is 9.30 Å². The van der Waals surface area contributed by atoms with E-state index in [2.05, 4.69) is 0 Å². The topological polar surface area (TPSA) is 126 Å². The van der Waals surface area contributed by atoms with E-state index >= 15 is 0 Å². The van der Waals surface area contributed by atoms with Crippen molar-refractivity contribution in [3.63, 3.8) is 0 Å². The lowest BCUT2D eigenvalue weighted by atomic mass is 9.97. The van der Waals surface area contributed by atoms with Crippen LogP contribution < -0.4 is 9.47 Å². The molecule has 0 bridgehead atoms. The number of hydrogen-bond donors (Lipinski definition) is 4. The normalized spacial score (nSPS) is 30.5. The van der Waals surface area contributed by atoms with E-state index in [9.17, 15) is 37.9 Å². The molecule has 2 unspecified atom stereocenters.